The van der Waals surface area contributed by atoms with Crippen molar-refractivity contribution in [1.82, 2.24) is 19.7 Å². The molecule has 0 saturated carbocycles. The van der Waals surface area contributed by atoms with Gasteiger partial charge in [0.15, 0.2) is 0 Å². The molecule has 1 atom stereocenters. The lowest BCUT2D eigenvalue weighted by Crippen LogP contribution is -2.40. The number of H-pyrrole nitrogens is 1. The predicted octanol–water partition coefficient (Wildman–Crippen LogP) is 3.57. The Morgan fingerprint density at radius 1 is 1.27 bits per heavy atom. The molecule has 4 rings (SSSR count). The van der Waals surface area contributed by atoms with Gasteiger partial charge >= 0.3 is 0 Å². The van der Waals surface area contributed by atoms with Crippen LogP contribution in [0.25, 0.3) is 11.1 Å². The number of piperidine rings is 1. The molecule has 1 amide bonds. The van der Waals surface area contributed by atoms with E-state index in [1.54, 1.807) is 18.3 Å². The lowest BCUT2D eigenvalue weighted by molar-refractivity contribution is 0.0696. The van der Waals surface area contributed by atoms with Gasteiger partial charge in [0.2, 0.25) is 0 Å². The third-order valence-electron chi connectivity index (χ3n) is 5.10. The number of hydrogen-bond acceptors (Lipinski definition) is 2. The molecular formula is C20H21FN4O. The molecule has 0 radical (unpaired) electrons. The Labute approximate surface area is 151 Å². The van der Waals surface area contributed by atoms with Crippen molar-refractivity contribution in [1.29, 1.82) is 0 Å². The topological polar surface area (TPSA) is 53.9 Å². The molecule has 5 nitrogen and oxygen atoms in total. The molecule has 0 spiro atoms. The van der Waals surface area contributed by atoms with Gasteiger partial charge in [-0.2, -0.15) is 5.10 Å². The van der Waals surface area contributed by atoms with E-state index in [0.717, 1.165) is 36.2 Å². The zero-order valence-corrected chi connectivity index (χ0v) is 14.7. The number of aryl methyl sites for hydroxylation is 1. The number of nitrogens with one attached hydrogen (secondary N) is 1. The van der Waals surface area contributed by atoms with Crippen molar-refractivity contribution in [3.63, 3.8) is 0 Å². The molecule has 1 fully saturated rings. The summed E-state index contributed by atoms with van der Waals surface area (Å²) < 4.78 is 15.1. The number of aromatic nitrogens is 3. The Kier molecular flexibility index (Phi) is 4.32. The molecule has 134 valence electrons. The molecule has 1 aromatic carbocycles. The Morgan fingerprint density at radius 2 is 2.08 bits per heavy atom. The number of rotatable bonds is 3. The summed E-state index contributed by atoms with van der Waals surface area (Å²) >= 11 is 0. The second-order valence-corrected chi connectivity index (χ2v) is 6.80. The molecular weight excluding hydrogens is 331 g/mol. The first-order valence-corrected chi connectivity index (χ1v) is 8.83. The van der Waals surface area contributed by atoms with Gasteiger partial charge < -0.3 is 9.47 Å². The van der Waals surface area contributed by atoms with Crippen molar-refractivity contribution < 1.29 is 9.18 Å². The molecule has 0 unspecified atom stereocenters. The van der Waals surface area contributed by atoms with Crippen molar-refractivity contribution in [2.45, 2.75) is 18.8 Å². The van der Waals surface area contributed by atoms with Crippen LogP contribution in [-0.2, 0) is 7.05 Å². The van der Waals surface area contributed by atoms with Gasteiger partial charge in [0.25, 0.3) is 5.91 Å². The highest BCUT2D eigenvalue weighted by atomic mass is 19.1. The maximum absolute atomic E-state index is 13.2. The lowest BCUT2D eigenvalue weighted by atomic mass is 9.90. The van der Waals surface area contributed by atoms with Gasteiger partial charge in [-0.25, -0.2) is 4.39 Å². The predicted molar refractivity (Wildman–Crippen MR) is 97.3 cm³/mol. The van der Waals surface area contributed by atoms with Crippen molar-refractivity contribution in [2.75, 3.05) is 13.1 Å². The quantitative estimate of drug-likeness (QED) is 0.783. The van der Waals surface area contributed by atoms with E-state index in [-0.39, 0.29) is 17.6 Å². The fourth-order valence-corrected chi connectivity index (χ4v) is 3.71. The van der Waals surface area contributed by atoms with Gasteiger partial charge in [-0.15, -0.1) is 0 Å². The number of carbonyl (C=O) groups is 1. The molecule has 1 N–H and O–H groups in total. The Bertz CT molecular complexity index is 912. The summed E-state index contributed by atoms with van der Waals surface area (Å²) in [6.07, 6.45) is 5.60. The first-order chi connectivity index (χ1) is 12.6. The summed E-state index contributed by atoms with van der Waals surface area (Å²) in [5.41, 5.74) is 3.62. The normalized spacial score (nSPS) is 17.5. The smallest absolute Gasteiger partial charge is 0.270 e. The van der Waals surface area contributed by atoms with Crippen molar-refractivity contribution in [3.8, 4) is 11.1 Å². The molecule has 1 aliphatic rings. The van der Waals surface area contributed by atoms with Crippen LogP contribution in [0, 0.1) is 5.82 Å². The number of amides is 1. The summed E-state index contributed by atoms with van der Waals surface area (Å²) in [7, 11) is 1.89. The molecule has 1 saturated heterocycles. The third kappa shape index (κ3) is 3.03. The molecule has 0 aliphatic carbocycles. The molecule has 1 aliphatic heterocycles. The Balaban J connectivity index is 1.57. The SMILES string of the molecule is Cn1cccc1C(=O)N1CCC[C@@H](c2[nH]ncc2-c2ccc(F)cc2)C1. The second kappa shape index (κ2) is 6.78. The monoisotopic (exact) mass is 352 g/mol. The Morgan fingerprint density at radius 3 is 2.81 bits per heavy atom. The zero-order chi connectivity index (χ0) is 18.1. The molecule has 0 bridgehead atoms. The maximum atomic E-state index is 13.2. The van der Waals surface area contributed by atoms with E-state index in [2.05, 4.69) is 10.2 Å². The largest absolute Gasteiger partial charge is 0.347 e. The van der Waals surface area contributed by atoms with Crippen LogP contribution in [-0.4, -0.2) is 38.7 Å². The molecule has 3 heterocycles. The van der Waals surface area contributed by atoms with E-state index in [1.165, 1.54) is 12.1 Å². The Hall–Kier alpha value is -2.89. The standard InChI is InChI=1S/C20H21FN4O/c1-24-10-3-5-18(24)20(26)25-11-2-4-15(13-25)19-17(12-22-23-19)14-6-8-16(21)9-7-14/h3,5-10,12,15H,2,4,11,13H2,1H3,(H,22,23)/t15-/m1/s1. The van der Waals surface area contributed by atoms with Crippen LogP contribution in [0.2, 0.25) is 0 Å². The number of nitrogens with zero attached hydrogens (tertiary/aromatic N) is 3. The van der Waals surface area contributed by atoms with E-state index in [1.807, 2.05) is 34.8 Å². The minimum atomic E-state index is -0.254. The average Bonchev–Trinajstić information content (AvgIpc) is 3.31. The molecule has 6 heteroatoms. The molecule has 2 aromatic heterocycles. The summed E-state index contributed by atoms with van der Waals surface area (Å²) in [4.78, 5) is 14.7. The summed E-state index contributed by atoms with van der Waals surface area (Å²) in [5, 5.41) is 7.31. The fourth-order valence-electron chi connectivity index (χ4n) is 3.71. The minimum Gasteiger partial charge on any atom is -0.347 e. The zero-order valence-electron chi connectivity index (χ0n) is 14.7. The molecule has 26 heavy (non-hydrogen) atoms. The summed E-state index contributed by atoms with van der Waals surface area (Å²) in [6, 6.07) is 10.2. The van der Waals surface area contributed by atoms with Crippen molar-refractivity contribution in [3.05, 3.63) is 66.0 Å². The minimum absolute atomic E-state index is 0.0602. The van der Waals surface area contributed by atoms with E-state index >= 15 is 0 Å². The van der Waals surface area contributed by atoms with Crippen molar-refractivity contribution in [2.24, 2.45) is 7.05 Å². The van der Waals surface area contributed by atoms with E-state index in [0.29, 0.717) is 12.2 Å². The van der Waals surface area contributed by atoms with Gasteiger partial charge in [0, 0.05) is 43.5 Å². The summed E-state index contributed by atoms with van der Waals surface area (Å²) in [5.74, 6) is -0.00336. The maximum Gasteiger partial charge on any atom is 0.270 e. The third-order valence-corrected chi connectivity index (χ3v) is 5.10. The van der Waals surface area contributed by atoms with Gasteiger partial charge in [0.1, 0.15) is 11.5 Å². The first-order valence-electron chi connectivity index (χ1n) is 8.83. The van der Waals surface area contributed by atoms with Crippen molar-refractivity contribution >= 4 is 5.91 Å². The van der Waals surface area contributed by atoms with Crippen LogP contribution in [0.15, 0.2) is 48.8 Å². The number of halogens is 1. The number of carbonyl (C=O) groups excluding carboxylic acids is 1. The van der Waals surface area contributed by atoms with Crippen LogP contribution < -0.4 is 0 Å². The fraction of sp³-hybridized carbons (Fsp3) is 0.300. The highest BCUT2D eigenvalue weighted by Gasteiger charge is 2.29. The number of hydrogen-bond donors (Lipinski definition) is 1. The van der Waals surface area contributed by atoms with Gasteiger partial charge in [-0.05, 0) is 42.7 Å². The van der Waals surface area contributed by atoms with Crippen LogP contribution in [0.5, 0.6) is 0 Å². The number of aromatic amines is 1. The highest BCUT2D eigenvalue weighted by molar-refractivity contribution is 5.92. The van der Waals surface area contributed by atoms with Crippen LogP contribution in [0.1, 0.15) is 34.9 Å². The van der Waals surface area contributed by atoms with Gasteiger partial charge in [0.05, 0.1) is 6.20 Å². The number of benzene rings is 1. The van der Waals surface area contributed by atoms with E-state index < -0.39 is 0 Å². The van der Waals surface area contributed by atoms with E-state index in [4.69, 9.17) is 0 Å². The number of likely N-dealkylation sites (tertiary alicyclic amines) is 1. The molecule has 3 aromatic rings. The van der Waals surface area contributed by atoms with Crippen LogP contribution >= 0.6 is 0 Å². The first kappa shape index (κ1) is 16.6. The second-order valence-electron chi connectivity index (χ2n) is 6.80. The van der Waals surface area contributed by atoms with Crippen LogP contribution in [0.3, 0.4) is 0 Å². The summed E-state index contributed by atoms with van der Waals surface area (Å²) in [6.45, 7) is 1.42. The lowest BCUT2D eigenvalue weighted by Gasteiger charge is -2.32. The van der Waals surface area contributed by atoms with Gasteiger partial charge in [-0.3, -0.25) is 9.89 Å². The van der Waals surface area contributed by atoms with Gasteiger partial charge in [-0.1, -0.05) is 12.1 Å². The average molecular weight is 352 g/mol. The van der Waals surface area contributed by atoms with Crippen LogP contribution in [0.4, 0.5) is 4.39 Å². The van der Waals surface area contributed by atoms with E-state index in [9.17, 15) is 9.18 Å². The highest BCUT2D eigenvalue weighted by Crippen LogP contribution is 2.33.